The van der Waals surface area contributed by atoms with E-state index >= 15 is 0 Å². The van der Waals surface area contributed by atoms with Gasteiger partial charge in [0.1, 0.15) is 5.75 Å². The van der Waals surface area contributed by atoms with E-state index in [1.807, 2.05) is 6.07 Å². The highest BCUT2D eigenvalue weighted by molar-refractivity contribution is 9.11. The summed E-state index contributed by atoms with van der Waals surface area (Å²) in [6.07, 6.45) is 8.53. The summed E-state index contributed by atoms with van der Waals surface area (Å²) in [4.78, 5) is 15.4. The fraction of sp³-hybridized carbons (Fsp3) is 0.550. The highest BCUT2D eigenvalue weighted by Crippen LogP contribution is 2.42. The summed E-state index contributed by atoms with van der Waals surface area (Å²) < 4.78 is 8.20. The Balaban J connectivity index is 1.90. The quantitative estimate of drug-likeness (QED) is 0.292. The normalized spacial score (nSPS) is 11.1. The van der Waals surface area contributed by atoms with E-state index in [0.717, 1.165) is 55.0 Å². The van der Waals surface area contributed by atoms with Crippen molar-refractivity contribution in [2.75, 3.05) is 13.7 Å². The van der Waals surface area contributed by atoms with Crippen LogP contribution >= 0.6 is 47.8 Å². The van der Waals surface area contributed by atoms with Gasteiger partial charge in [-0.05, 0) is 72.3 Å². The Hall–Kier alpha value is -0.530. The fourth-order valence-electron chi connectivity index (χ4n) is 3.20. The van der Waals surface area contributed by atoms with Crippen LogP contribution in [0.2, 0.25) is 0 Å². The molecule has 150 valence electrons. The zero-order valence-electron chi connectivity index (χ0n) is 15.9. The number of hydrogen-bond donors (Lipinski definition) is 2. The van der Waals surface area contributed by atoms with Gasteiger partial charge in [-0.2, -0.15) is 0 Å². The average molecular weight is 567 g/mol. The molecule has 27 heavy (non-hydrogen) atoms. The third kappa shape index (κ3) is 6.23. The van der Waals surface area contributed by atoms with Crippen LogP contribution < -0.4 is 10.1 Å². The number of halogens is 3. The van der Waals surface area contributed by atoms with Gasteiger partial charge >= 0.3 is 0 Å². The number of hydrogen-bond acceptors (Lipinski definition) is 2. The summed E-state index contributed by atoms with van der Waals surface area (Å²) in [6, 6.07) is 2.00. The van der Waals surface area contributed by atoms with Crippen molar-refractivity contribution in [3.05, 3.63) is 25.2 Å². The molecule has 4 nitrogen and oxygen atoms in total. The predicted molar refractivity (Wildman–Crippen MR) is 123 cm³/mol. The van der Waals surface area contributed by atoms with Crippen LogP contribution in [0.25, 0.3) is 10.9 Å². The number of aromatic amines is 1. The van der Waals surface area contributed by atoms with Gasteiger partial charge < -0.3 is 15.0 Å². The number of carbonyl (C=O) groups is 1. The van der Waals surface area contributed by atoms with E-state index in [1.165, 1.54) is 25.7 Å². The average Bonchev–Trinajstić information content (AvgIpc) is 2.93. The van der Waals surface area contributed by atoms with Crippen molar-refractivity contribution >= 4 is 64.6 Å². The molecule has 0 saturated heterocycles. The zero-order chi connectivity index (χ0) is 19.8. The second-order valence-corrected chi connectivity index (χ2v) is 9.10. The van der Waals surface area contributed by atoms with E-state index < -0.39 is 0 Å². The van der Waals surface area contributed by atoms with Gasteiger partial charge in [-0.3, -0.25) is 4.79 Å². The molecule has 1 heterocycles. The maximum Gasteiger partial charge on any atom is 0.220 e. The summed E-state index contributed by atoms with van der Waals surface area (Å²) in [5, 5.41) is 4.12. The first-order valence-electron chi connectivity index (χ1n) is 9.48. The molecule has 2 N–H and O–H groups in total. The Kier molecular flexibility index (Phi) is 9.66. The lowest BCUT2D eigenvalue weighted by Gasteiger charge is -2.09. The molecule has 0 aliphatic rings. The zero-order valence-corrected chi connectivity index (χ0v) is 20.6. The van der Waals surface area contributed by atoms with Gasteiger partial charge in [-0.25, -0.2) is 0 Å². The van der Waals surface area contributed by atoms with E-state index in [1.54, 1.807) is 7.11 Å². The largest absolute Gasteiger partial charge is 0.494 e. The number of carbonyl (C=O) groups excluding carboxylic acids is 1. The van der Waals surface area contributed by atoms with Gasteiger partial charge in [0.2, 0.25) is 5.91 Å². The molecule has 0 bridgehead atoms. The van der Waals surface area contributed by atoms with Crippen LogP contribution in [0.5, 0.6) is 5.75 Å². The molecule has 1 aromatic carbocycles. The molecule has 2 aromatic rings. The molecule has 0 unspecified atom stereocenters. The monoisotopic (exact) mass is 564 g/mol. The number of amides is 1. The lowest BCUT2D eigenvalue weighted by molar-refractivity contribution is -0.121. The summed E-state index contributed by atoms with van der Waals surface area (Å²) in [5.41, 5.74) is 2.14. The van der Waals surface area contributed by atoms with Crippen LogP contribution in [0.3, 0.4) is 0 Å². The molecule has 0 aliphatic carbocycles. The first-order valence-corrected chi connectivity index (χ1v) is 11.9. The minimum atomic E-state index is 0.140. The Morgan fingerprint density at radius 1 is 1.15 bits per heavy atom. The summed E-state index contributed by atoms with van der Waals surface area (Å²) in [5.74, 6) is 0.906. The number of ether oxygens (including phenoxy) is 1. The topological polar surface area (TPSA) is 54.1 Å². The fourth-order valence-corrected chi connectivity index (χ4v) is 5.49. The molecule has 0 aliphatic heterocycles. The summed E-state index contributed by atoms with van der Waals surface area (Å²) in [7, 11) is 1.65. The van der Waals surface area contributed by atoms with Gasteiger partial charge in [0.25, 0.3) is 0 Å². The molecule has 0 saturated carbocycles. The van der Waals surface area contributed by atoms with Crippen molar-refractivity contribution in [3.8, 4) is 5.75 Å². The second-order valence-electron chi connectivity index (χ2n) is 6.66. The van der Waals surface area contributed by atoms with Gasteiger partial charge in [-0.1, -0.05) is 39.0 Å². The smallest absolute Gasteiger partial charge is 0.220 e. The Labute approximate surface area is 186 Å². The molecule has 0 fully saturated rings. The molecular formula is C20H27Br3N2O2. The molecule has 0 spiro atoms. The van der Waals surface area contributed by atoms with Crippen molar-refractivity contribution < 1.29 is 9.53 Å². The van der Waals surface area contributed by atoms with Gasteiger partial charge in [-0.15, -0.1) is 0 Å². The van der Waals surface area contributed by atoms with E-state index in [9.17, 15) is 4.79 Å². The minimum Gasteiger partial charge on any atom is -0.494 e. The highest BCUT2D eigenvalue weighted by atomic mass is 79.9. The van der Waals surface area contributed by atoms with Crippen LogP contribution in [-0.4, -0.2) is 24.5 Å². The maximum atomic E-state index is 12.1. The number of aromatic nitrogens is 1. The number of rotatable bonds is 11. The van der Waals surface area contributed by atoms with E-state index in [2.05, 4.69) is 65.0 Å². The van der Waals surface area contributed by atoms with Gasteiger partial charge in [0.05, 0.1) is 20.7 Å². The number of unbranched alkanes of at least 4 members (excludes halogenated alkanes) is 5. The standard InChI is InChI=1S/C20H27Br3N2O2/c1-3-4-5-6-7-8-9-16(26)24-11-10-13-17-15(25-20(13)23)12-14(21)19(27-2)18(17)22/h12,25H,3-11H2,1-2H3,(H,24,26). The Bertz CT molecular complexity index is 774. The van der Waals surface area contributed by atoms with Crippen molar-refractivity contribution in [2.45, 2.75) is 58.3 Å². The molecule has 1 aromatic heterocycles. The third-order valence-electron chi connectivity index (χ3n) is 4.65. The van der Waals surface area contributed by atoms with Crippen LogP contribution in [0, 0.1) is 0 Å². The molecule has 0 radical (unpaired) electrons. The van der Waals surface area contributed by atoms with Crippen LogP contribution in [0.1, 0.15) is 57.4 Å². The number of methoxy groups -OCH3 is 1. The summed E-state index contributed by atoms with van der Waals surface area (Å²) >= 11 is 10.8. The van der Waals surface area contributed by atoms with E-state index in [-0.39, 0.29) is 5.91 Å². The van der Waals surface area contributed by atoms with Gasteiger partial charge in [0, 0.05) is 23.9 Å². The molecule has 7 heteroatoms. The van der Waals surface area contributed by atoms with E-state index in [4.69, 9.17) is 4.74 Å². The van der Waals surface area contributed by atoms with Crippen molar-refractivity contribution in [3.63, 3.8) is 0 Å². The molecule has 2 rings (SSSR count). The first kappa shape index (κ1) is 22.8. The SMILES string of the molecule is CCCCCCCCC(=O)NCCc1c(Br)[nH]c2cc(Br)c(OC)c(Br)c12. The second kappa shape index (κ2) is 11.5. The van der Waals surface area contributed by atoms with E-state index in [0.29, 0.717) is 13.0 Å². The van der Waals surface area contributed by atoms with Gasteiger partial charge in [0.15, 0.2) is 0 Å². The number of H-pyrrole nitrogens is 1. The van der Waals surface area contributed by atoms with Crippen molar-refractivity contribution in [1.29, 1.82) is 0 Å². The molecule has 1 amide bonds. The number of fused-ring (bicyclic) bond motifs is 1. The molecule has 0 atom stereocenters. The lowest BCUT2D eigenvalue weighted by Crippen LogP contribution is -2.25. The number of nitrogens with one attached hydrogen (secondary N) is 2. The Morgan fingerprint density at radius 2 is 1.85 bits per heavy atom. The van der Waals surface area contributed by atoms with Crippen LogP contribution in [-0.2, 0) is 11.2 Å². The maximum absolute atomic E-state index is 12.1. The third-order valence-corrected chi connectivity index (χ3v) is 6.67. The first-order chi connectivity index (χ1) is 13.0. The van der Waals surface area contributed by atoms with Crippen molar-refractivity contribution in [1.82, 2.24) is 10.3 Å². The minimum absolute atomic E-state index is 0.140. The predicted octanol–water partition coefficient (Wildman–Crippen LogP) is 6.87. The van der Waals surface area contributed by atoms with Crippen LogP contribution in [0.15, 0.2) is 19.6 Å². The number of benzene rings is 1. The summed E-state index contributed by atoms with van der Waals surface area (Å²) in [6.45, 7) is 2.83. The highest BCUT2D eigenvalue weighted by Gasteiger charge is 2.18. The lowest BCUT2D eigenvalue weighted by atomic mass is 10.1. The van der Waals surface area contributed by atoms with Crippen LogP contribution in [0.4, 0.5) is 0 Å². The molecular weight excluding hydrogens is 540 g/mol. The Morgan fingerprint density at radius 3 is 2.56 bits per heavy atom. The van der Waals surface area contributed by atoms with Crippen molar-refractivity contribution in [2.24, 2.45) is 0 Å².